The summed E-state index contributed by atoms with van der Waals surface area (Å²) in [4.78, 5) is 30.8. The molecule has 1 N–H and O–H groups in total. The van der Waals surface area contributed by atoms with Gasteiger partial charge < -0.3 is 10.2 Å². The van der Waals surface area contributed by atoms with Crippen LogP contribution in [0.15, 0.2) is 42.7 Å². The predicted octanol–water partition coefficient (Wildman–Crippen LogP) is 4.29. The highest BCUT2D eigenvalue weighted by molar-refractivity contribution is 6.34. The topological polar surface area (TPSA) is 80.1 Å². The summed E-state index contributed by atoms with van der Waals surface area (Å²) in [6.07, 6.45) is 4.73. The molecule has 0 unspecified atom stereocenters. The first-order valence-corrected chi connectivity index (χ1v) is 11.7. The number of likely N-dealkylation sites (tertiary alicyclic amines) is 1. The number of halogens is 2. The van der Waals surface area contributed by atoms with Gasteiger partial charge in [-0.05, 0) is 61.6 Å². The highest BCUT2D eigenvalue weighted by atomic mass is 35.5. The van der Waals surface area contributed by atoms with Gasteiger partial charge in [0.2, 0.25) is 5.91 Å². The number of nitrogens with zero attached hydrogens (tertiary/aromatic N) is 4. The minimum atomic E-state index is -0.394. The molecule has 180 valence electrons. The zero-order valence-corrected chi connectivity index (χ0v) is 20.3. The molecule has 1 aliphatic rings. The summed E-state index contributed by atoms with van der Waals surface area (Å²) in [5, 5.41) is 7.39. The molecule has 1 aromatic carbocycles. The number of nitrogens with one attached hydrogen (secondary N) is 1. The van der Waals surface area contributed by atoms with Crippen molar-refractivity contribution in [2.75, 3.05) is 18.4 Å². The van der Waals surface area contributed by atoms with Gasteiger partial charge >= 0.3 is 0 Å². The number of rotatable bonds is 4. The second kappa shape index (κ2) is 10.7. The molecule has 3 heterocycles. The van der Waals surface area contributed by atoms with Crippen LogP contribution in [0.25, 0.3) is 0 Å². The second-order valence-corrected chi connectivity index (χ2v) is 8.98. The molecular weight excluding hydrogens is 469 g/mol. The van der Waals surface area contributed by atoms with Gasteiger partial charge in [-0.15, -0.1) is 0 Å². The number of hydrogen-bond acceptors (Lipinski definition) is 4. The largest absolute Gasteiger partial charge is 0.343 e. The van der Waals surface area contributed by atoms with E-state index in [0.29, 0.717) is 42.5 Å². The number of aryl methyl sites for hydroxylation is 1. The molecule has 2 amide bonds. The zero-order chi connectivity index (χ0) is 24.9. The lowest BCUT2D eigenvalue weighted by Gasteiger charge is -2.31. The summed E-state index contributed by atoms with van der Waals surface area (Å²) in [6, 6.07) is 7.75. The molecule has 0 saturated carbocycles. The molecule has 1 aliphatic heterocycles. The Labute approximate surface area is 208 Å². The molecule has 1 saturated heterocycles. The van der Waals surface area contributed by atoms with Crippen LogP contribution in [0.4, 0.5) is 10.2 Å². The van der Waals surface area contributed by atoms with Crippen molar-refractivity contribution in [2.24, 2.45) is 5.92 Å². The van der Waals surface area contributed by atoms with Crippen LogP contribution in [0.3, 0.4) is 0 Å². The molecule has 2 aromatic heterocycles. The molecule has 0 radical (unpaired) electrons. The van der Waals surface area contributed by atoms with Crippen LogP contribution in [0.1, 0.15) is 46.9 Å². The first-order chi connectivity index (χ1) is 16.8. The van der Waals surface area contributed by atoms with E-state index < -0.39 is 5.91 Å². The van der Waals surface area contributed by atoms with Gasteiger partial charge in [0.1, 0.15) is 17.3 Å². The van der Waals surface area contributed by atoms with E-state index in [4.69, 9.17) is 11.6 Å². The number of benzene rings is 1. The zero-order valence-electron chi connectivity index (χ0n) is 19.5. The van der Waals surface area contributed by atoms with Gasteiger partial charge in [0, 0.05) is 43.9 Å². The van der Waals surface area contributed by atoms with Crippen LogP contribution in [-0.2, 0) is 11.3 Å². The summed E-state index contributed by atoms with van der Waals surface area (Å²) in [5.41, 5.74) is 2.38. The van der Waals surface area contributed by atoms with Crippen LogP contribution < -0.4 is 5.32 Å². The van der Waals surface area contributed by atoms with Crippen molar-refractivity contribution in [1.82, 2.24) is 19.7 Å². The number of amides is 2. The van der Waals surface area contributed by atoms with E-state index in [2.05, 4.69) is 27.2 Å². The Bertz CT molecular complexity index is 1300. The first-order valence-electron chi connectivity index (χ1n) is 11.3. The summed E-state index contributed by atoms with van der Waals surface area (Å²) < 4.78 is 14.7. The Balaban J connectivity index is 1.43. The van der Waals surface area contributed by atoms with Crippen LogP contribution in [0.5, 0.6) is 0 Å². The van der Waals surface area contributed by atoms with E-state index in [-0.39, 0.29) is 22.4 Å². The summed E-state index contributed by atoms with van der Waals surface area (Å²) in [5.74, 6) is 6.04. The van der Waals surface area contributed by atoms with Crippen molar-refractivity contribution in [3.05, 3.63) is 75.9 Å². The van der Waals surface area contributed by atoms with Crippen molar-refractivity contribution in [1.29, 1.82) is 0 Å². The number of aromatic nitrogens is 3. The maximum absolute atomic E-state index is 13.1. The van der Waals surface area contributed by atoms with Crippen LogP contribution in [-0.4, -0.2) is 44.6 Å². The van der Waals surface area contributed by atoms with E-state index in [1.807, 2.05) is 17.9 Å². The minimum absolute atomic E-state index is 0.0842. The fourth-order valence-electron chi connectivity index (χ4n) is 4.02. The third-order valence-electron chi connectivity index (χ3n) is 6.01. The maximum atomic E-state index is 13.1. The fourth-order valence-corrected chi connectivity index (χ4v) is 4.25. The molecule has 3 aromatic rings. The molecule has 0 spiro atoms. The van der Waals surface area contributed by atoms with Crippen LogP contribution in [0, 0.1) is 30.5 Å². The molecule has 1 fully saturated rings. The third kappa shape index (κ3) is 6.06. The van der Waals surface area contributed by atoms with Crippen molar-refractivity contribution in [2.45, 2.75) is 33.2 Å². The highest BCUT2D eigenvalue weighted by Gasteiger charge is 2.25. The lowest BCUT2D eigenvalue weighted by molar-refractivity contribution is -0.130. The van der Waals surface area contributed by atoms with Gasteiger partial charge in [-0.25, -0.2) is 9.37 Å². The van der Waals surface area contributed by atoms with E-state index in [1.54, 1.807) is 29.9 Å². The Morgan fingerprint density at radius 1 is 1.14 bits per heavy atom. The normalized spacial score (nSPS) is 13.8. The number of carbonyl (C=O) groups is 2. The summed E-state index contributed by atoms with van der Waals surface area (Å²) in [7, 11) is 0. The summed E-state index contributed by atoms with van der Waals surface area (Å²) >= 11 is 6.30. The van der Waals surface area contributed by atoms with Crippen LogP contribution >= 0.6 is 11.6 Å². The Hall–Kier alpha value is -3.70. The quantitative estimate of drug-likeness (QED) is 0.550. The molecule has 0 aliphatic carbocycles. The van der Waals surface area contributed by atoms with Gasteiger partial charge in [-0.1, -0.05) is 23.4 Å². The number of hydrogen-bond donors (Lipinski definition) is 1. The van der Waals surface area contributed by atoms with Crippen LogP contribution in [0.2, 0.25) is 5.02 Å². The van der Waals surface area contributed by atoms with Crippen molar-refractivity contribution in [3.63, 3.8) is 0 Å². The standard InChI is InChI=1S/C26H25ClFN5O2/c1-17-13-21(4-3-19-5-7-22(28)8-6-19)14-29-25(17)31-26(35)24-23(27)15-30-33(24)16-20-9-11-32(12-10-20)18(2)34/h5-8,13-15,20H,9-12,16H2,1-2H3,(H,29,31,35). The average molecular weight is 494 g/mol. The summed E-state index contributed by atoms with van der Waals surface area (Å²) in [6.45, 7) is 5.36. The minimum Gasteiger partial charge on any atom is -0.343 e. The maximum Gasteiger partial charge on any atom is 0.276 e. The van der Waals surface area contributed by atoms with E-state index >= 15 is 0 Å². The van der Waals surface area contributed by atoms with Gasteiger partial charge in [0.05, 0.1) is 11.2 Å². The lowest BCUT2D eigenvalue weighted by Crippen LogP contribution is -2.38. The molecule has 4 rings (SSSR count). The number of piperidine rings is 1. The predicted molar refractivity (Wildman–Crippen MR) is 132 cm³/mol. The van der Waals surface area contributed by atoms with Gasteiger partial charge in [-0.2, -0.15) is 5.10 Å². The average Bonchev–Trinajstić information content (AvgIpc) is 3.20. The monoisotopic (exact) mass is 493 g/mol. The molecular formula is C26H25ClFN5O2. The van der Waals surface area contributed by atoms with Crippen molar-refractivity contribution >= 4 is 29.2 Å². The number of carbonyl (C=O) groups excluding carboxylic acids is 2. The molecule has 9 heteroatoms. The van der Waals surface area contributed by atoms with Crippen molar-refractivity contribution in [3.8, 4) is 11.8 Å². The Kier molecular flexibility index (Phi) is 7.47. The first kappa shape index (κ1) is 24.4. The smallest absolute Gasteiger partial charge is 0.276 e. The highest BCUT2D eigenvalue weighted by Crippen LogP contribution is 2.23. The van der Waals surface area contributed by atoms with Crippen molar-refractivity contribution < 1.29 is 14.0 Å². The second-order valence-electron chi connectivity index (χ2n) is 8.57. The Morgan fingerprint density at radius 3 is 2.49 bits per heavy atom. The lowest BCUT2D eigenvalue weighted by atomic mass is 9.97. The molecule has 35 heavy (non-hydrogen) atoms. The Morgan fingerprint density at radius 2 is 1.83 bits per heavy atom. The molecule has 0 bridgehead atoms. The van der Waals surface area contributed by atoms with E-state index in [0.717, 1.165) is 18.4 Å². The van der Waals surface area contributed by atoms with E-state index in [1.165, 1.54) is 18.3 Å². The van der Waals surface area contributed by atoms with Gasteiger partial charge in [-0.3, -0.25) is 14.3 Å². The number of anilines is 1. The molecule has 0 atom stereocenters. The number of pyridine rings is 1. The fraction of sp³-hybridized carbons (Fsp3) is 0.308. The third-order valence-corrected chi connectivity index (χ3v) is 6.28. The van der Waals surface area contributed by atoms with Gasteiger partial charge in [0.15, 0.2) is 0 Å². The SMILES string of the molecule is CC(=O)N1CCC(Cn2ncc(Cl)c2C(=O)Nc2ncc(C#Cc3ccc(F)cc3)cc2C)CC1. The van der Waals surface area contributed by atoms with Gasteiger partial charge in [0.25, 0.3) is 5.91 Å². The van der Waals surface area contributed by atoms with E-state index in [9.17, 15) is 14.0 Å². The molecule has 7 nitrogen and oxygen atoms in total.